The second-order valence-electron chi connectivity index (χ2n) is 5.99. The van der Waals surface area contributed by atoms with Gasteiger partial charge in [0.25, 0.3) is 0 Å². The Hall–Kier alpha value is -2.75. The van der Waals surface area contributed by atoms with Crippen molar-refractivity contribution in [2.45, 2.75) is 26.4 Å². The zero-order valence-electron chi connectivity index (χ0n) is 15.2. The van der Waals surface area contributed by atoms with Crippen LogP contribution in [0.5, 0.6) is 11.5 Å². The van der Waals surface area contributed by atoms with E-state index in [0.29, 0.717) is 18.0 Å². The number of amides is 1. The van der Waals surface area contributed by atoms with Crippen LogP contribution in [0.15, 0.2) is 54.6 Å². The van der Waals surface area contributed by atoms with Crippen LogP contribution in [0.4, 0.5) is 0 Å². The molecule has 0 bridgehead atoms. The number of hydrogen-bond donors (Lipinski definition) is 0. The first-order chi connectivity index (χ1) is 12.0. The summed E-state index contributed by atoms with van der Waals surface area (Å²) in [5.41, 5.74) is 1.94. The van der Waals surface area contributed by atoms with Crippen molar-refractivity contribution < 1.29 is 14.3 Å². The smallest absolute Gasteiger partial charge is 0.247 e. The predicted octanol–water partition coefficient (Wildman–Crippen LogP) is 4.15. The first-order valence-corrected chi connectivity index (χ1v) is 8.29. The van der Waals surface area contributed by atoms with Gasteiger partial charge >= 0.3 is 0 Å². The standard InChI is InChI=1S/C21H25NO3/c1-16(2)22(15-17-8-6-5-7-9-17)21(23)13-11-18-10-12-19(24-3)14-20(18)25-4/h5-14,16H,15H2,1-4H3/b13-11+. The summed E-state index contributed by atoms with van der Waals surface area (Å²) in [6.07, 6.45) is 3.37. The molecule has 2 aromatic rings. The molecule has 0 radical (unpaired) electrons. The Labute approximate surface area is 149 Å². The number of methoxy groups -OCH3 is 2. The van der Waals surface area contributed by atoms with E-state index >= 15 is 0 Å². The van der Waals surface area contributed by atoms with Crippen molar-refractivity contribution in [1.29, 1.82) is 0 Å². The van der Waals surface area contributed by atoms with Gasteiger partial charge in [0.15, 0.2) is 0 Å². The largest absolute Gasteiger partial charge is 0.497 e. The summed E-state index contributed by atoms with van der Waals surface area (Å²) in [7, 11) is 3.21. The number of nitrogens with zero attached hydrogens (tertiary/aromatic N) is 1. The Balaban J connectivity index is 2.16. The Bertz CT molecular complexity index is 723. The molecule has 0 aliphatic heterocycles. The second-order valence-corrected chi connectivity index (χ2v) is 5.99. The fourth-order valence-corrected chi connectivity index (χ4v) is 2.51. The minimum absolute atomic E-state index is 0.0308. The van der Waals surface area contributed by atoms with Gasteiger partial charge in [-0.15, -0.1) is 0 Å². The third-order valence-corrected chi connectivity index (χ3v) is 3.95. The fraction of sp³-hybridized carbons (Fsp3) is 0.286. The topological polar surface area (TPSA) is 38.8 Å². The van der Waals surface area contributed by atoms with Crippen LogP contribution in [0, 0.1) is 0 Å². The summed E-state index contributed by atoms with van der Waals surface area (Å²) in [6, 6.07) is 15.6. The molecule has 0 heterocycles. The van der Waals surface area contributed by atoms with E-state index in [-0.39, 0.29) is 11.9 Å². The third kappa shape index (κ3) is 5.11. The molecular weight excluding hydrogens is 314 g/mol. The van der Waals surface area contributed by atoms with Crippen molar-refractivity contribution in [3.05, 3.63) is 65.7 Å². The lowest BCUT2D eigenvalue weighted by Gasteiger charge is -2.25. The van der Waals surface area contributed by atoms with Crippen LogP contribution < -0.4 is 9.47 Å². The summed E-state index contributed by atoms with van der Waals surface area (Å²) in [5, 5.41) is 0. The van der Waals surface area contributed by atoms with E-state index in [1.807, 2.05) is 61.2 Å². The van der Waals surface area contributed by atoms with Crippen LogP contribution in [0.3, 0.4) is 0 Å². The molecule has 0 saturated carbocycles. The Morgan fingerprint density at radius 2 is 1.80 bits per heavy atom. The van der Waals surface area contributed by atoms with E-state index in [4.69, 9.17) is 9.47 Å². The molecule has 25 heavy (non-hydrogen) atoms. The number of ether oxygens (including phenoxy) is 2. The molecule has 0 atom stereocenters. The average Bonchev–Trinajstić information content (AvgIpc) is 2.64. The molecule has 0 saturated heterocycles. The Morgan fingerprint density at radius 1 is 1.08 bits per heavy atom. The number of carbonyl (C=O) groups is 1. The molecule has 4 nitrogen and oxygen atoms in total. The lowest BCUT2D eigenvalue weighted by atomic mass is 10.1. The normalized spacial score (nSPS) is 10.9. The van der Waals surface area contributed by atoms with Gasteiger partial charge in [0.05, 0.1) is 14.2 Å². The first-order valence-electron chi connectivity index (χ1n) is 8.29. The summed E-state index contributed by atoms with van der Waals surface area (Å²) < 4.78 is 10.6. The lowest BCUT2D eigenvalue weighted by molar-refractivity contribution is -0.128. The van der Waals surface area contributed by atoms with E-state index in [1.165, 1.54) is 0 Å². The minimum Gasteiger partial charge on any atom is -0.497 e. The molecule has 0 fully saturated rings. The Morgan fingerprint density at radius 3 is 2.40 bits per heavy atom. The fourth-order valence-electron chi connectivity index (χ4n) is 2.51. The molecular formula is C21H25NO3. The maximum Gasteiger partial charge on any atom is 0.247 e. The van der Waals surface area contributed by atoms with Gasteiger partial charge in [-0.2, -0.15) is 0 Å². The zero-order valence-corrected chi connectivity index (χ0v) is 15.2. The van der Waals surface area contributed by atoms with Gasteiger partial charge in [0, 0.05) is 30.3 Å². The second kappa shape index (κ2) is 8.92. The van der Waals surface area contributed by atoms with Crippen molar-refractivity contribution >= 4 is 12.0 Å². The van der Waals surface area contributed by atoms with E-state index in [2.05, 4.69) is 0 Å². The van der Waals surface area contributed by atoms with Crippen molar-refractivity contribution in [2.75, 3.05) is 14.2 Å². The van der Waals surface area contributed by atoms with Gasteiger partial charge in [-0.25, -0.2) is 0 Å². The molecule has 4 heteroatoms. The van der Waals surface area contributed by atoms with Crippen LogP contribution >= 0.6 is 0 Å². The van der Waals surface area contributed by atoms with Gasteiger partial charge in [-0.3, -0.25) is 4.79 Å². The monoisotopic (exact) mass is 339 g/mol. The molecule has 0 N–H and O–H groups in total. The van der Waals surface area contributed by atoms with Gasteiger partial charge in [0.1, 0.15) is 11.5 Å². The molecule has 2 aromatic carbocycles. The highest BCUT2D eigenvalue weighted by molar-refractivity contribution is 5.92. The summed E-state index contributed by atoms with van der Waals surface area (Å²) in [5.74, 6) is 1.35. The number of rotatable bonds is 7. The summed E-state index contributed by atoms with van der Waals surface area (Å²) >= 11 is 0. The van der Waals surface area contributed by atoms with Crippen LogP contribution in [0.1, 0.15) is 25.0 Å². The summed E-state index contributed by atoms with van der Waals surface area (Å²) in [4.78, 5) is 14.5. The quantitative estimate of drug-likeness (QED) is 0.711. The van der Waals surface area contributed by atoms with Crippen molar-refractivity contribution in [3.63, 3.8) is 0 Å². The van der Waals surface area contributed by atoms with Gasteiger partial charge in [0.2, 0.25) is 5.91 Å². The SMILES string of the molecule is COc1ccc(/C=C/C(=O)N(Cc2ccccc2)C(C)C)c(OC)c1. The van der Waals surface area contributed by atoms with E-state index in [0.717, 1.165) is 11.1 Å². The number of carbonyl (C=O) groups excluding carboxylic acids is 1. The van der Waals surface area contributed by atoms with Gasteiger partial charge in [-0.05, 0) is 37.6 Å². The third-order valence-electron chi connectivity index (χ3n) is 3.95. The number of benzene rings is 2. The molecule has 0 aliphatic rings. The van der Waals surface area contributed by atoms with Crippen molar-refractivity contribution in [3.8, 4) is 11.5 Å². The molecule has 2 rings (SSSR count). The Kier molecular flexibility index (Phi) is 6.63. The van der Waals surface area contributed by atoms with Crippen LogP contribution in [0.2, 0.25) is 0 Å². The van der Waals surface area contributed by atoms with Crippen LogP contribution in [-0.4, -0.2) is 31.1 Å². The first kappa shape index (κ1) is 18.6. The van der Waals surface area contributed by atoms with Gasteiger partial charge < -0.3 is 14.4 Å². The highest BCUT2D eigenvalue weighted by Crippen LogP contribution is 2.25. The van der Waals surface area contributed by atoms with E-state index < -0.39 is 0 Å². The van der Waals surface area contributed by atoms with Gasteiger partial charge in [-0.1, -0.05) is 30.3 Å². The average molecular weight is 339 g/mol. The predicted molar refractivity (Wildman–Crippen MR) is 101 cm³/mol. The maximum absolute atomic E-state index is 12.7. The molecule has 1 amide bonds. The molecule has 0 aromatic heterocycles. The van der Waals surface area contributed by atoms with E-state index in [1.54, 1.807) is 32.4 Å². The van der Waals surface area contributed by atoms with Crippen molar-refractivity contribution in [2.24, 2.45) is 0 Å². The lowest BCUT2D eigenvalue weighted by Crippen LogP contribution is -2.35. The van der Waals surface area contributed by atoms with Crippen LogP contribution in [0.25, 0.3) is 6.08 Å². The highest BCUT2D eigenvalue weighted by Gasteiger charge is 2.15. The maximum atomic E-state index is 12.7. The molecule has 0 spiro atoms. The molecule has 132 valence electrons. The van der Waals surface area contributed by atoms with Crippen molar-refractivity contribution in [1.82, 2.24) is 4.90 Å². The molecule has 0 aliphatic carbocycles. The molecule has 0 unspecified atom stereocenters. The zero-order chi connectivity index (χ0) is 18.2. The van der Waals surface area contributed by atoms with Crippen LogP contribution in [-0.2, 0) is 11.3 Å². The number of hydrogen-bond acceptors (Lipinski definition) is 3. The van der Waals surface area contributed by atoms with E-state index in [9.17, 15) is 4.79 Å². The highest BCUT2D eigenvalue weighted by atomic mass is 16.5. The summed E-state index contributed by atoms with van der Waals surface area (Å²) in [6.45, 7) is 4.62. The minimum atomic E-state index is -0.0308.